The van der Waals surface area contributed by atoms with Crippen LogP contribution in [0.4, 0.5) is 11.5 Å². The van der Waals surface area contributed by atoms with E-state index in [1.54, 1.807) is 17.7 Å². The fourth-order valence-electron chi connectivity index (χ4n) is 2.76. The second-order valence-electron chi connectivity index (χ2n) is 5.84. The maximum absolute atomic E-state index is 4.50. The van der Waals surface area contributed by atoms with E-state index in [0.29, 0.717) is 0 Å². The molecule has 0 bridgehead atoms. The smallest absolute Gasteiger partial charge is 0.143 e. The number of rotatable bonds is 3. The van der Waals surface area contributed by atoms with Crippen molar-refractivity contribution >= 4 is 33.1 Å². The van der Waals surface area contributed by atoms with Crippen LogP contribution in [-0.4, -0.2) is 9.97 Å². The van der Waals surface area contributed by atoms with Gasteiger partial charge in [0.2, 0.25) is 0 Å². The van der Waals surface area contributed by atoms with Crippen LogP contribution in [0.15, 0.2) is 60.2 Å². The largest absolute Gasteiger partial charge is 0.340 e. The third kappa shape index (κ3) is 2.65. The predicted molar refractivity (Wildman–Crippen MR) is 102 cm³/mol. The number of fused-ring (bicyclic) bond motifs is 1. The van der Waals surface area contributed by atoms with Crippen molar-refractivity contribution in [3.63, 3.8) is 0 Å². The molecule has 0 atom stereocenters. The van der Waals surface area contributed by atoms with Crippen LogP contribution in [0.1, 0.15) is 11.1 Å². The van der Waals surface area contributed by atoms with Crippen LogP contribution in [0.25, 0.3) is 21.3 Å². The molecule has 0 aliphatic rings. The van der Waals surface area contributed by atoms with Crippen LogP contribution in [0.3, 0.4) is 0 Å². The van der Waals surface area contributed by atoms with Gasteiger partial charge < -0.3 is 5.32 Å². The Morgan fingerprint density at radius 2 is 1.75 bits per heavy atom. The van der Waals surface area contributed by atoms with E-state index in [1.807, 2.05) is 6.07 Å². The fraction of sp³-hybridized carbons (Fsp3) is 0.100. The summed E-state index contributed by atoms with van der Waals surface area (Å²) in [6, 6.07) is 16.7. The highest BCUT2D eigenvalue weighted by Gasteiger charge is 2.13. The molecule has 0 radical (unpaired) electrons. The number of anilines is 2. The van der Waals surface area contributed by atoms with Crippen molar-refractivity contribution in [2.45, 2.75) is 13.8 Å². The Morgan fingerprint density at radius 1 is 0.917 bits per heavy atom. The van der Waals surface area contributed by atoms with E-state index in [2.05, 4.69) is 77.0 Å². The van der Waals surface area contributed by atoms with Gasteiger partial charge in [-0.25, -0.2) is 9.97 Å². The van der Waals surface area contributed by atoms with Crippen molar-refractivity contribution in [2.24, 2.45) is 0 Å². The Hall–Kier alpha value is -2.72. The Kier molecular flexibility index (Phi) is 3.75. The van der Waals surface area contributed by atoms with Gasteiger partial charge >= 0.3 is 0 Å². The summed E-state index contributed by atoms with van der Waals surface area (Å²) in [4.78, 5) is 9.92. The van der Waals surface area contributed by atoms with Gasteiger partial charge in [-0.3, -0.25) is 0 Å². The van der Waals surface area contributed by atoms with Gasteiger partial charge in [-0.15, -0.1) is 11.3 Å². The lowest BCUT2D eigenvalue weighted by atomic mass is 10.1. The molecule has 0 aliphatic carbocycles. The van der Waals surface area contributed by atoms with E-state index in [4.69, 9.17) is 0 Å². The lowest BCUT2D eigenvalue weighted by Gasteiger charge is -2.10. The van der Waals surface area contributed by atoms with E-state index < -0.39 is 0 Å². The van der Waals surface area contributed by atoms with Gasteiger partial charge in [0.15, 0.2) is 0 Å². The number of hydrogen-bond donors (Lipinski definition) is 1. The summed E-state index contributed by atoms with van der Waals surface area (Å²) < 4.78 is 0. The van der Waals surface area contributed by atoms with E-state index in [1.165, 1.54) is 22.3 Å². The normalized spacial score (nSPS) is 10.9. The molecular weight excluding hydrogens is 314 g/mol. The first-order valence-electron chi connectivity index (χ1n) is 7.84. The maximum Gasteiger partial charge on any atom is 0.143 e. The minimum absolute atomic E-state index is 0.850. The third-order valence-electron chi connectivity index (χ3n) is 4.22. The molecule has 2 heterocycles. The van der Waals surface area contributed by atoms with Gasteiger partial charge in [0.25, 0.3) is 0 Å². The van der Waals surface area contributed by atoms with Crippen molar-refractivity contribution in [3.8, 4) is 11.1 Å². The van der Waals surface area contributed by atoms with Crippen LogP contribution in [-0.2, 0) is 0 Å². The Bertz CT molecular complexity index is 1010. The summed E-state index contributed by atoms with van der Waals surface area (Å²) in [5.41, 5.74) is 5.94. The summed E-state index contributed by atoms with van der Waals surface area (Å²) in [5, 5.41) is 6.70. The number of nitrogens with one attached hydrogen (secondary N) is 1. The van der Waals surface area contributed by atoms with Crippen LogP contribution in [0, 0.1) is 13.8 Å². The first kappa shape index (κ1) is 14.8. The van der Waals surface area contributed by atoms with Crippen molar-refractivity contribution in [2.75, 3.05) is 5.32 Å². The Balaban J connectivity index is 1.83. The maximum atomic E-state index is 4.50. The molecule has 118 valence electrons. The number of thiophene rings is 1. The van der Waals surface area contributed by atoms with Crippen molar-refractivity contribution in [3.05, 3.63) is 71.4 Å². The zero-order valence-electron chi connectivity index (χ0n) is 13.6. The number of aryl methyl sites for hydroxylation is 2. The lowest BCUT2D eigenvalue weighted by molar-refractivity contribution is 1.23. The summed E-state index contributed by atoms with van der Waals surface area (Å²) >= 11 is 1.65. The summed E-state index contributed by atoms with van der Waals surface area (Å²) in [5.74, 6) is 0.850. The highest BCUT2D eigenvalue weighted by Crippen LogP contribution is 2.37. The molecule has 0 fully saturated rings. The Morgan fingerprint density at radius 3 is 2.54 bits per heavy atom. The van der Waals surface area contributed by atoms with Crippen LogP contribution in [0.5, 0.6) is 0 Å². The monoisotopic (exact) mass is 331 g/mol. The standard InChI is InChI=1S/C20H17N3S/c1-13-8-9-16(10-14(13)2)23-19-18-17(15-6-4-3-5-7-15)11-24-20(18)22-12-21-19/h3-12H,1-2H3,(H,21,22,23). The molecule has 0 saturated heterocycles. The number of hydrogen-bond acceptors (Lipinski definition) is 4. The van der Waals surface area contributed by atoms with E-state index in [0.717, 1.165) is 21.7 Å². The fourth-order valence-corrected chi connectivity index (χ4v) is 3.67. The molecule has 4 heteroatoms. The molecule has 1 N–H and O–H groups in total. The summed E-state index contributed by atoms with van der Waals surface area (Å²) in [6.07, 6.45) is 1.62. The molecule has 0 unspecified atom stereocenters. The summed E-state index contributed by atoms with van der Waals surface area (Å²) in [7, 11) is 0. The zero-order chi connectivity index (χ0) is 16.5. The van der Waals surface area contributed by atoms with Gasteiger partial charge in [0.1, 0.15) is 17.0 Å². The SMILES string of the molecule is Cc1ccc(Nc2ncnc3scc(-c4ccccc4)c23)cc1C. The highest BCUT2D eigenvalue weighted by atomic mass is 32.1. The predicted octanol–water partition coefficient (Wildman–Crippen LogP) is 5.72. The number of nitrogens with zero attached hydrogens (tertiary/aromatic N) is 2. The van der Waals surface area contributed by atoms with Gasteiger partial charge in [-0.1, -0.05) is 36.4 Å². The van der Waals surface area contributed by atoms with Crippen LogP contribution < -0.4 is 5.32 Å². The molecule has 2 aromatic heterocycles. The van der Waals surface area contributed by atoms with Gasteiger partial charge in [0.05, 0.1) is 5.39 Å². The van der Waals surface area contributed by atoms with E-state index in [-0.39, 0.29) is 0 Å². The van der Waals surface area contributed by atoms with Crippen molar-refractivity contribution in [1.82, 2.24) is 9.97 Å². The minimum atomic E-state index is 0.850. The van der Waals surface area contributed by atoms with Crippen molar-refractivity contribution in [1.29, 1.82) is 0 Å². The molecule has 0 aliphatic heterocycles. The first-order valence-corrected chi connectivity index (χ1v) is 8.72. The Labute approximate surface area is 145 Å². The van der Waals surface area contributed by atoms with Gasteiger partial charge in [0, 0.05) is 16.6 Å². The molecule has 0 amide bonds. The third-order valence-corrected chi connectivity index (χ3v) is 5.11. The van der Waals surface area contributed by atoms with E-state index in [9.17, 15) is 0 Å². The lowest BCUT2D eigenvalue weighted by Crippen LogP contribution is -1.96. The molecular formula is C20H17N3S. The molecule has 0 saturated carbocycles. The molecule has 4 rings (SSSR count). The topological polar surface area (TPSA) is 37.8 Å². The number of benzene rings is 2. The van der Waals surface area contributed by atoms with Crippen LogP contribution >= 0.6 is 11.3 Å². The molecule has 24 heavy (non-hydrogen) atoms. The average Bonchev–Trinajstić information content (AvgIpc) is 3.04. The summed E-state index contributed by atoms with van der Waals surface area (Å²) in [6.45, 7) is 4.24. The highest BCUT2D eigenvalue weighted by molar-refractivity contribution is 7.17. The quantitative estimate of drug-likeness (QED) is 0.522. The van der Waals surface area contributed by atoms with E-state index >= 15 is 0 Å². The average molecular weight is 331 g/mol. The van der Waals surface area contributed by atoms with Gasteiger partial charge in [-0.2, -0.15) is 0 Å². The number of aromatic nitrogens is 2. The molecule has 2 aromatic carbocycles. The van der Waals surface area contributed by atoms with Crippen molar-refractivity contribution < 1.29 is 0 Å². The van der Waals surface area contributed by atoms with Gasteiger partial charge in [-0.05, 0) is 42.7 Å². The second-order valence-corrected chi connectivity index (χ2v) is 6.70. The molecule has 3 nitrogen and oxygen atoms in total. The minimum Gasteiger partial charge on any atom is -0.340 e. The zero-order valence-corrected chi connectivity index (χ0v) is 14.4. The molecule has 4 aromatic rings. The second kappa shape index (κ2) is 6.06. The first-order chi connectivity index (χ1) is 11.7. The van der Waals surface area contributed by atoms with Crippen LogP contribution in [0.2, 0.25) is 0 Å². The molecule has 0 spiro atoms.